The highest BCUT2D eigenvalue weighted by molar-refractivity contribution is 5.77. The van der Waals surface area contributed by atoms with E-state index in [2.05, 4.69) is 0 Å². The topological polar surface area (TPSA) is 17.1 Å². The van der Waals surface area contributed by atoms with Crippen molar-refractivity contribution in [1.82, 2.24) is 0 Å². The van der Waals surface area contributed by atoms with Crippen LogP contribution in [-0.2, 0) is 4.79 Å². The number of carbonyl (C=O) groups excluding carboxylic acids is 1. The number of Topliss-reactive ketones (excluding diaryl/α,β-unsaturated/α-hetero) is 1. The third-order valence-corrected chi connectivity index (χ3v) is 4.31. The van der Waals surface area contributed by atoms with Gasteiger partial charge in [-0.1, -0.05) is 13.3 Å². The van der Waals surface area contributed by atoms with Crippen molar-refractivity contribution < 1.29 is 4.79 Å². The van der Waals surface area contributed by atoms with E-state index in [-0.39, 0.29) is 0 Å². The molecule has 2 bridgehead atoms. The minimum atomic E-state index is 0.452. The summed E-state index contributed by atoms with van der Waals surface area (Å²) in [6, 6.07) is 0. The Labute approximate surface area is 87.3 Å². The van der Waals surface area contributed by atoms with Crippen molar-refractivity contribution in [2.75, 3.05) is 0 Å². The molecule has 0 spiro atoms. The lowest BCUT2D eigenvalue weighted by atomic mass is 9.85. The maximum atomic E-state index is 11.1. The van der Waals surface area contributed by atoms with Gasteiger partial charge in [0.25, 0.3) is 0 Å². The molecule has 3 unspecified atom stereocenters. The number of hydrogen-bond acceptors (Lipinski definition) is 1. The van der Waals surface area contributed by atoms with Gasteiger partial charge in [0.1, 0.15) is 5.78 Å². The summed E-state index contributed by atoms with van der Waals surface area (Å²) in [5.74, 6) is 3.54. The highest BCUT2D eigenvalue weighted by Crippen LogP contribution is 2.49. The normalized spacial score (nSPS) is 35.1. The van der Waals surface area contributed by atoms with E-state index in [1.807, 2.05) is 6.92 Å². The van der Waals surface area contributed by atoms with Gasteiger partial charge in [0.2, 0.25) is 0 Å². The Morgan fingerprint density at radius 2 is 2.14 bits per heavy atom. The summed E-state index contributed by atoms with van der Waals surface area (Å²) < 4.78 is 0. The smallest absolute Gasteiger partial charge is 0.132 e. The standard InChI is InChI=1S/C13H22O/c1-2-13(14)5-3-4-11-8-10-6-7-12(11)9-10/h10-12H,2-9H2,1H3. The Hall–Kier alpha value is -0.330. The molecule has 0 aromatic heterocycles. The molecule has 3 atom stereocenters. The van der Waals surface area contributed by atoms with Crippen molar-refractivity contribution >= 4 is 5.78 Å². The monoisotopic (exact) mass is 194 g/mol. The summed E-state index contributed by atoms with van der Waals surface area (Å²) in [5, 5.41) is 0. The van der Waals surface area contributed by atoms with Gasteiger partial charge >= 0.3 is 0 Å². The molecule has 80 valence electrons. The van der Waals surface area contributed by atoms with Crippen molar-refractivity contribution in [2.45, 2.75) is 58.3 Å². The van der Waals surface area contributed by atoms with Gasteiger partial charge in [0, 0.05) is 12.8 Å². The molecule has 0 amide bonds. The van der Waals surface area contributed by atoms with E-state index in [1.54, 1.807) is 0 Å². The first-order valence-corrected chi connectivity index (χ1v) is 6.31. The van der Waals surface area contributed by atoms with Gasteiger partial charge in [-0.2, -0.15) is 0 Å². The van der Waals surface area contributed by atoms with Gasteiger partial charge in [-0.15, -0.1) is 0 Å². The first-order chi connectivity index (χ1) is 6.79. The molecular weight excluding hydrogens is 172 g/mol. The second-order valence-corrected chi connectivity index (χ2v) is 5.22. The molecule has 1 nitrogen and oxygen atoms in total. The maximum Gasteiger partial charge on any atom is 0.132 e. The summed E-state index contributed by atoms with van der Waals surface area (Å²) in [7, 11) is 0. The van der Waals surface area contributed by atoms with E-state index in [4.69, 9.17) is 0 Å². The third kappa shape index (κ3) is 2.18. The Bertz CT molecular complexity index is 209. The average molecular weight is 194 g/mol. The fourth-order valence-electron chi connectivity index (χ4n) is 3.47. The van der Waals surface area contributed by atoms with Gasteiger partial charge in [-0.25, -0.2) is 0 Å². The van der Waals surface area contributed by atoms with Crippen LogP contribution in [0.3, 0.4) is 0 Å². The molecule has 14 heavy (non-hydrogen) atoms. The van der Waals surface area contributed by atoms with E-state index >= 15 is 0 Å². The lowest BCUT2D eigenvalue weighted by Crippen LogP contribution is -2.10. The molecule has 0 aliphatic heterocycles. The quantitative estimate of drug-likeness (QED) is 0.654. The SMILES string of the molecule is CCC(=O)CCCC1CC2CCC1C2. The van der Waals surface area contributed by atoms with Crippen LogP contribution in [0.2, 0.25) is 0 Å². The Kier molecular flexibility index (Phi) is 3.25. The highest BCUT2D eigenvalue weighted by atomic mass is 16.1. The van der Waals surface area contributed by atoms with Gasteiger partial charge < -0.3 is 0 Å². The van der Waals surface area contributed by atoms with Crippen LogP contribution in [0.1, 0.15) is 58.3 Å². The molecule has 2 aliphatic rings. The largest absolute Gasteiger partial charge is 0.300 e. The first kappa shape index (κ1) is 10.2. The lowest BCUT2D eigenvalue weighted by molar-refractivity contribution is -0.118. The second-order valence-electron chi connectivity index (χ2n) is 5.22. The van der Waals surface area contributed by atoms with Crippen LogP contribution in [0.5, 0.6) is 0 Å². The summed E-state index contributed by atoms with van der Waals surface area (Å²) in [6.07, 6.45) is 10.0. The summed E-state index contributed by atoms with van der Waals surface area (Å²) >= 11 is 0. The van der Waals surface area contributed by atoms with Crippen molar-refractivity contribution in [3.05, 3.63) is 0 Å². The summed E-state index contributed by atoms with van der Waals surface area (Å²) in [5.41, 5.74) is 0. The maximum absolute atomic E-state index is 11.1. The number of fused-ring (bicyclic) bond motifs is 2. The molecular formula is C13H22O. The minimum absolute atomic E-state index is 0.452. The fraction of sp³-hybridized carbons (Fsp3) is 0.923. The van der Waals surface area contributed by atoms with Crippen molar-refractivity contribution in [3.63, 3.8) is 0 Å². The van der Waals surface area contributed by atoms with E-state index in [9.17, 15) is 4.79 Å². The molecule has 0 N–H and O–H groups in total. The number of carbonyl (C=O) groups is 1. The fourth-order valence-corrected chi connectivity index (χ4v) is 3.47. The van der Waals surface area contributed by atoms with Crippen LogP contribution in [0.4, 0.5) is 0 Å². The Morgan fingerprint density at radius 3 is 2.71 bits per heavy atom. The molecule has 2 aliphatic carbocycles. The second kappa shape index (κ2) is 4.46. The van der Waals surface area contributed by atoms with E-state index in [0.29, 0.717) is 5.78 Å². The number of rotatable bonds is 5. The molecule has 1 heteroatoms. The first-order valence-electron chi connectivity index (χ1n) is 6.31. The molecule has 0 aromatic carbocycles. The molecule has 0 aromatic rings. The van der Waals surface area contributed by atoms with Gasteiger partial charge in [-0.3, -0.25) is 4.79 Å². The summed E-state index contributed by atoms with van der Waals surface area (Å²) in [6.45, 7) is 1.97. The van der Waals surface area contributed by atoms with Gasteiger partial charge in [0.15, 0.2) is 0 Å². The average Bonchev–Trinajstić information content (AvgIpc) is 2.79. The zero-order valence-corrected chi connectivity index (χ0v) is 9.30. The zero-order chi connectivity index (χ0) is 9.97. The van der Waals surface area contributed by atoms with Crippen LogP contribution in [0.15, 0.2) is 0 Å². The highest BCUT2D eigenvalue weighted by Gasteiger charge is 2.38. The number of ketones is 1. The molecule has 0 heterocycles. The molecule has 0 radical (unpaired) electrons. The predicted molar refractivity (Wildman–Crippen MR) is 58.1 cm³/mol. The number of hydrogen-bond donors (Lipinski definition) is 0. The van der Waals surface area contributed by atoms with Gasteiger partial charge in [-0.05, 0) is 49.9 Å². The van der Waals surface area contributed by atoms with Gasteiger partial charge in [0.05, 0.1) is 0 Å². The molecule has 2 fully saturated rings. The Balaban J connectivity index is 1.64. The molecule has 0 saturated heterocycles. The molecule has 2 saturated carbocycles. The minimum Gasteiger partial charge on any atom is -0.300 e. The predicted octanol–water partition coefficient (Wildman–Crippen LogP) is 3.57. The van der Waals surface area contributed by atoms with Crippen molar-refractivity contribution in [2.24, 2.45) is 17.8 Å². The molecule has 2 rings (SSSR count). The summed E-state index contributed by atoms with van der Waals surface area (Å²) in [4.78, 5) is 11.1. The van der Waals surface area contributed by atoms with Crippen LogP contribution >= 0.6 is 0 Å². The third-order valence-electron chi connectivity index (χ3n) is 4.31. The van der Waals surface area contributed by atoms with Crippen LogP contribution < -0.4 is 0 Å². The van der Waals surface area contributed by atoms with Crippen molar-refractivity contribution in [1.29, 1.82) is 0 Å². The van der Waals surface area contributed by atoms with Crippen LogP contribution in [0, 0.1) is 17.8 Å². The zero-order valence-electron chi connectivity index (χ0n) is 9.30. The van der Waals surface area contributed by atoms with E-state index in [1.165, 1.54) is 32.1 Å². The lowest BCUT2D eigenvalue weighted by Gasteiger charge is -2.21. The van der Waals surface area contributed by atoms with Crippen LogP contribution in [-0.4, -0.2) is 5.78 Å². The van der Waals surface area contributed by atoms with E-state index < -0.39 is 0 Å². The van der Waals surface area contributed by atoms with Crippen LogP contribution in [0.25, 0.3) is 0 Å². The van der Waals surface area contributed by atoms with Crippen molar-refractivity contribution in [3.8, 4) is 0 Å². The Morgan fingerprint density at radius 1 is 1.29 bits per heavy atom. The van der Waals surface area contributed by atoms with E-state index in [0.717, 1.165) is 37.0 Å².